The summed E-state index contributed by atoms with van der Waals surface area (Å²) < 4.78 is 14.1. The largest absolute Gasteiger partial charge is 0.373 e. The molecular formula is C20H20N8O3. The molecular weight excluding hydrogens is 400 g/mol. The van der Waals surface area contributed by atoms with Gasteiger partial charge in [-0.05, 0) is 24.1 Å². The fourth-order valence-electron chi connectivity index (χ4n) is 4.39. The Morgan fingerprint density at radius 3 is 2.97 bits per heavy atom. The molecule has 2 saturated heterocycles. The zero-order valence-corrected chi connectivity index (χ0v) is 16.8. The highest BCUT2D eigenvalue weighted by Gasteiger charge is 2.57. The summed E-state index contributed by atoms with van der Waals surface area (Å²) in [5.74, 6) is 0.0103. The van der Waals surface area contributed by atoms with Crippen LogP contribution in [-0.4, -0.2) is 49.8 Å². The van der Waals surface area contributed by atoms with Crippen LogP contribution in [0.25, 0.3) is 21.6 Å². The van der Waals surface area contributed by atoms with Gasteiger partial charge in [-0.3, -0.25) is 9.36 Å². The molecule has 0 radical (unpaired) electrons. The maximum atomic E-state index is 12.6. The lowest BCUT2D eigenvalue weighted by molar-refractivity contribution is -0.0760. The zero-order valence-electron chi connectivity index (χ0n) is 16.8. The molecule has 1 amide bonds. The monoisotopic (exact) mass is 420 g/mol. The van der Waals surface area contributed by atoms with E-state index in [1.807, 2.05) is 13.0 Å². The van der Waals surface area contributed by atoms with E-state index in [1.54, 1.807) is 35.2 Å². The molecule has 3 aromatic rings. The number of azide groups is 1. The Labute approximate surface area is 177 Å². The number of imidazole rings is 1. The van der Waals surface area contributed by atoms with Gasteiger partial charge >= 0.3 is 0 Å². The van der Waals surface area contributed by atoms with Crippen LogP contribution in [0.2, 0.25) is 0 Å². The first-order chi connectivity index (χ1) is 15.2. The molecule has 0 saturated carbocycles. The standard InChI is InChI=1S/C20H20N8O3/c1-2-20-8-9-30-14(15(20)26-27-21)19(31-20)28-11-24-13-16(22-10-23-17(13)28)25-18(29)12-6-4-3-5-7-12/h3-7,10-11,14-15,19H,2,8-9H2,1H3,(H,22,23,25,29)/t14-,15+,19-,20+/m1/s1. The number of ether oxygens (including phenoxy) is 2. The van der Waals surface area contributed by atoms with E-state index in [1.165, 1.54) is 6.33 Å². The van der Waals surface area contributed by atoms with Crippen molar-refractivity contribution < 1.29 is 14.3 Å². The summed E-state index contributed by atoms with van der Waals surface area (Å²) in [5, 5.41) is 6.78. The Morgan fingerprint density at radius 1 is 1.35 bits per heavy atom. The first-order valence-corrected chi connectivity index (χ1v) is 10.0. The lowest BCUT2D eigenvalue weighted by atomic mass is 9.85. The smallest absolute Gasteiger partial charge is 0.256 e. The fraction of sp³-hybridized carbons (Fsp3) is 0.400. The third-order valence-electron chi connectivity index (χ3n) is 6.00. The molecule has 1 aromatic carbocycles. The summed E-state index contributed by atoms with van der Waals surface area (Å²) in [6.45, 7) is 2.53. The highest BCUT2D eigenvalue weighted by Crippen LogP contribution is 2.48. The molecule has 4 heterocycles. The third-order valence-corrected chi connectivity index (χ3v) is 6.00. The van der Waals surface area contributed by atoms with Crippen molar-refractivity contribution in [1.29, 1.82) is 0 Å². The van der Waals surface area contributed by atoms with Gasteiger partial charge in [0.1, 0.15) is 12.4 Å². The van der Waals surface area contributed by atoms with Gasteiger partial charge in [-0.25, -0.2) is 15.0 Å². The second kappa shape index (κ2) is 7.62. The topological polar surface area (TPSA) is 140 Å². The molecule has 0 aliphatic carbocycles. The number of benzene rings is 1. The lowest BCUT2D eigenvalue weighted by Crippen LogP contribution is -2.47. The Hall–Kier alpha value is -3.53. The number of rotatable bonds is 5. The molecule has 4 atom stereocenters. The van der Waals surface area contributed by atoms with Crippen LogP contribution >= 0.6 is 0 Å². The van der Waals surface area contributed by atoms with Crippen LogP contribution in [0.4, 0.5) is 5.82 Å². The quantitative estimate of drug-likeness (QED) is 0.382. The minimum absolute atomic E-state index is 0.292. The Bertz CT molecular complexity index is 1180. The molecule has 0 unspecified atom stereocenters. The Kier molecular flexibility index (Phi) is 4.78. The van der Waals surface area contributed by atoms with Gasteiger partial charge in [0.15, 0.2) is 23.2 Å². The predicted octanol–water partition coefficient (Wildman–Crippen LogP) is 3.22. The van der Waals surface area contributed by atoms with Crippen molar-refractivity contribution in [2.45, 2.75) is 43.7 Å². The van der Waals surface area contributed by atoms with Crippen molar-refractivity contribution in [3.63, 3.8) is 0 Å². The van der Waals surface area contributed by atoms with Gasteiger partial charge in [0, 0.05) is 23.5 Å². The average molecular weight is 420 g/mol. The minimum atomic E-state index is -0.589. The number of aromatic nitrogens is 4. The van der Waals surface area contributed by atoms with Gasteiger partial charge in [0.25, 0.3) is 5.91 Å². The van der Waals surface area contributed by atoms with Crippen LogP contribution in [0.5, 0.6) is 0 Å². The van der Waals surface area contributed by atoms with Crippen molar-refractivity contribution in [3.8, 4) is 0 Å². The number of nitrogens with zero attached hydrogens (tertiary/aromatic N) is 7. The highest BCUT2D eigenvalue weighted by molar-refractivity contribution is 6.06. The maximum absolute atomic E-state index is 12.6. The fourth-order valence-corrected chi connectivity index (χ4v) is 4.39. The van der Waals surface area contributed by atoms with E-state index in [0.717, 1.165) is 0 Å². The molecule has 2 fully saturated rings. The van der Waals surface area contributed by atoms with E-state index in [4.69, 9.17) is 15.0 Å². The number of carbonyl (C=O) groups is 1. The Balaban J connectivity index is 1.50. The molecule has 11 nitrogen and oxygen atoms in total. The minimum Gasteiger partial charge on any atom is -0.373 e. The average Bonchev–Trinajstić information content (AvgIpc) is 3.29. The van der Waals surface area contributed by atoms with Gasteiger partial charge in [-0.15, -0.1) is 0 Å². The SMILES string of the molecule is CC[C@@]12CCO[C@@H]([C@H](n3cnc4c(NC(=O)c5ccccc5)ncnc43)O1)[C@@H]2N=[N+]=[N-]. The van der Waals surface area contributed by atoms with Gasteiger partial charge in [-0.2, -0.15) is 0 Å². The van der Waals surface area contributed by atoms with E-state index in [9.17, 15) is 4.79 Å². The molecule has 2 bridgehead atoms. The van der Waals surface area contributed by atoms with E-state index in [0.29, 0.717) is 42.0 Å². The number of amides is 1. The number of anilines is 1. The highest BCUT2D eigenvalue weighted by atomic mass is 16.6. The number of carbonyl (C=O) groups excluding carboxylic acids is 1. The summed E-state index contributed by atoms with van der Waals surface area (Å²) in [6, 6.07) is 8.41. The van der Waals surface area contributed by atoms with E-state index < -0.39 is 24.0 Å². The number of hydrogen-bond donors (Lipinski definition) is 1. The normalized spacial score (nSPS) is 27.1. The molecule has 0 spiro atoms. The summed E-state index contributed by atoms with van der Waals surface area (Å²) in [4.78, 5) is 28.6. The summed E-state index contributed by atoms with van der Waals surface area (Å²) >= 11 is 0. The summed E-state index contributed by atoms with van der Waals surface area (Å²) in [6.07, 6.45) is 3.26. The third kappa shape index (κ3) is 3.10. The van der Waals surface area contributed by atoms with Crippen LogP contribution in [0.1, 0.15) is 36.4 Å². The molecule has 2 aliphatic heterocycles. The first kappa shape index (κ1) is 19.4. The van der Waals surface area contributed by atoms with Crippen LogP contribution in [0.3, 0.4) is 0 Å². The Morgan fingerprint density at radius 2 is 2.19 bits per heavy atom. The van der Waals surface area contributed by atoms with Gasteiger partial charge in [0.2, 0.25) is 0 Å². The molecule has 2 aliphatic rings. The van der Waals surface area contributed by atoms with Crippen LogP contribution in [0, 0.1) is 0 Å². The van der Waals surface area contributed by atoms with Gasteiger partial charge < -0.3 is 14.8 Å². The summed E-state index contributed by atoms with van der Waals surface area (Å²) in [7, 11) is 0. The van der Waals surface area contributed by atoms with Crippen molar-refractivity contribution in [3.05, 3.63) is 59.0 Å². The number of fused-ring (bicyclic) bond motifs is 3. The second-order valence-electron chi connectivity index (χ2n) is 7.53. The van der Waals surface area contributed by atoms with E-state index in [-0.39, 0.29) is 5.91 Å². The van der Waals surface area contributed by atoms with Crippen molar-refractivity contribution in [2.75, 3.05) is 11.9 Å². The van der Waals surface area contributed by atoms with E-state index >= 15 is 0 Å². The zero-order chi connectivity index (χ0) is 21.4. The van der Waals surface area contributed by atoms with Crippen LogP contribution in [-0.2, 0) is 9.47 Å². The first-order valence-electron chi connectivity index (χ1n) is 10.0. The lowest BCUT2D eigenvalue weighted by Gasteiger charge is -2.35. The molecule has 158 valence electrons. The van der Waals surface area contributed by atoms with Crippen molar-refractivity contribution in [2.24, 2.45) is 5.11 Å². The summed E-state index contributed by atoms with van der Waals surface area (Å²) in [5.41, 5.74) is 9.91. The molecule has 11 heteroatoms. The molecule has 31 heavy (non-hydrogen) atoms. The predicted molar refractivity (Wildman–Crippen MR) is 110 cm³/mol. The van der Waals surface area contributed by atoms with Crippen LogP contribution in [0.15, 0.2) is 48.1 Å². The van der Waals surface area contributed by atoms with Crippen molar-refractivity contribution in [1.82, 2.24) is 19.5 Å². The molecule has 1 N–H and O–H groups in total. The van der Waals surface area contributed by atoms with Gasteiger partial charge in [0.05, 0.1) is 18.0 Å². The molecule has 5 rings (SSSR count). The number of nitrogens with one attached hydrogen (secondary N) is 1. The van der Waals surface area contributed by atoms with E-state index in [2.05, 4.69) is 30.3 Å². The number of hydrogen-bond acceptors (Lipinski definition) is 7. The van der Waals surface area contributed by atoms with Crippen LogP contribution < -0.4 is 5.32 Å². The second-order valence-corrected chi connectivity index (χ2v) is 7.53. The molecule has 2 aromatic heterocycles. The van der Waals surface area contributed by atoms with Gasteiger partial charge in [-0.1, -0.05) is 30.2 Å². The van der Waals surface area contributed by atoms with Crippen molar-refractivity contribution >= 4 is 22.9 Å². The maximum Gasteiger partial charge on any atom is 0.256 e.